The average molecular weight is 299 g/mol. The summed E-state index contributed by atoms with van der Waals surface area (Å²) in [4.78, 5) is 12.3. The van der Waals surface area contributed by atoms with E-state index in [2.05, 4.69) is 5.32 Å². The molecule has 1 amide bonds. The van der Waals surface area contributed by atoms with E-state index in [4.69, 9.17) is 9.84 Å². The number of carbonyl (C=O) groups excluding carboxylic acids is 1. The van der Waals surface area contributed by atoms with Crippen molar-refractivity contribution in [3.63, 3.8) is 0 Å². The normalized spacial score (nSPS) is 10.3. The number of hydrogen-bond acceptors (Lipinski definition) is 3. The summed E-state index contributed by atoms with van der Waals surface area (Å²) in [5.41, 5.74) is 3.67. The molecule has 0 bridgehead atoms. The van der Waals surface area contributed by atoms with Gasteiger partial charge in [0.15, 0.2) is 0 Å². The molecule has 4 nitrogen and oxygen atoms in total. The first-order chi connectivity index (χ1) is 10.6. The van der Waals surface area contributed by atoms with E-state index in [0.717, 1.165) is 16.7 Å². The van der Waals surface area contributed by atoms with Crippen LogP contribution in [0.25, 0.3) is 0 Å². The Labute approximate surface area is 130 Å². The lowest BCUT2D eigenvalue weighted by atomic mass is 10.1. The summed E-state index contributed by atoms with van der Waals surface area (Å²) in [7, 11) is 0. The Morgan fingerprint density at radius 3 is 2.50 bits per heavy atom. The Balaban J connectivity index is 2.05. The SMILES string of the molecule is Cc1cc(C)cc(C(=O)NCc2ccccc2OCCO)c1. The molecule has 2 N–H and O–H groups in total. The van der Waals surface area contributed by atoms with Gasteiger partial charge in [-0.05, 0) is 32.0 Å². The minimum atomic E-state index is -0.108. The lowest BCUT2D eigenvalue weighted by Crippen LogP contribution is -2.23. The van der Waals surface area contributed by atoms with Crippen LogP contribution in [0.4, 0.5) is 0 Å². The Morgan fingerprint density at radius 1 is 1.14 bits per heavy atom. The van der Waals surface area contributed by atoms with Crippen LogP contribution in [0.1, 0.15) is 27.0 Å². The van der Waals surface area contributed by atoms with Gasteiger partial charge in [0.05, 0.1) is 6.61 Å². The molecule has 4 heteroatoms. The Morgan fingerprint density at radius 2 is 1.82 bits per heavy atom. The molecule has 0 saturated carbocycles. The van der Waals surface area contributed by atoms with Gasteiger partial charge in [-0.1, -0.05) is 35.4 Å². The number of hydrogen-bond donors (Lipinski definition) is 2. The molecule has 0 radical (unpaired) electrons. The van der Waals surface area contributed by atoms with Crippen molar-refractivity contribution in [3.8, 4) is 5.75 Å². The summed E-state index contributed by atoms with van der Waals surface area (Å²) >= 11 is 0. The molecule has 0 atom stereocenters. The lowest BCUT2D eigenvalue weighted by Gasteiger charge is -2.12. The van der Waals surface area contributed by atoms with Gasteiger partial charge in [-0.15, -0.1) is 0 Å². The zero-order valence-electron chi connectivity index (χ0n) is 12.9. The minimum Gasteiger partial charge on any atom is -0.491 e. The quantitative estimate of drug-likeness (QED) is 0.862. The molecule has 2 aromatic rings. The van der Waals surface area contributed by atoms with Crippen LogP contribution in [0, 0.1) is 13.8 Å². The predicted octanol–water partition coefficient (Wildman–Crippen LogP) is 2.60. The number of aliphatic hydroxyl groups excluding tert-OH is 1. The van der Waals surface area contributed by atoms with Gasteiger partial charge in [0, 0.05) is 17.7 Å². The number of amides is 1. The summed E-state index contributed by atoms with van der Waals surface area (Å²) in [5.74, 6) is 0.570. The summed E-state index contributed by atoms with van der Waals surface area (Å²) < 4.78 is 5.46. The highest BCUT2D eigenvalue weighted by Crippen LogP contribution is 2.18. The number of rotatable bonds is 6. The number of benzene rings is 2. The van der Waals surface area contributed by atoms with Crippen LogP contribution in [0.2, 0.25) is 0 Å². The minimum absolute atomic E-state index is 0.0384. The first-order valence-electron chi connectivity index (χ1n) is 7.28. The molecule has 2 aromatic carbocycles. The third kappa shape index (κ3) is 4.33. The van der Waals surface area contributed by atoms with Crippen LogP contribution in [-0.4, -0.2) is 24.2 Å². The van der Waals surface area contributed by atoms with E-state index in [-0.39, 0.29) is 19.1 Å². The zero-order valence-corrected chi connectivity index (χ0v) is 12.9. The number of nitrogens with one attached hydrogen (secondary N) is 1. The molecule has 116 valence electrons. The Kier molecular flexibility index (Phi) is 5.55. The zero-order chi connectivity index (χ0) is 15.9. The first-order valence-corrected chi connectivity index (χ1v) is 7.28. The molecule has 0 unspecified atom stereocenters. The molecule has 0 aromatic heterocycles. The van der Waals surface area contributed by atoms with Crippen molar-refractivity contribution in [2.75, 3.05) is 13.2 Å². The fourth-order valence-corrected chi connectivity index (χ4v) is 2.33. The molecule has 0 aliphatic heterocycles. The summed E-state index contributed by atoms with van der Waals surface area (Å²) in [6.45, 7) is 4.53. The number of para-hydroxylation sites is 1. The van der Waals surface area contributed by atoms with Crippen molar-refractivity contribution in [2.45, 2.75) is 20.4 Å². The van der Waals surface area contributed by atoms with Crippen LogP contribution in [0.15, 0.2) is 42.5 Å². The fourth-order valence-electron chi connectivity index (χ4n) is 2.33. The van der Waals surface area contributed by atoms with E-state index in [9.17, 15) is 4.79 Å². The van der Waals surface area contributed by atoms with Crippen molar-refractivity contribution in [2.24, 2.45) is 0 Å². The van der Waals surface area contributed by atoms with Crippen molar-refractivity contribution >= 4 is 5.91 Å². The predicted molar refractivity (Wildman–Crippen MR) is 86.1 cm³/mol. The highest BCUT2D eigenvalue weighted by atomic mass is 16.5. The first kappa shape index (κ1) is 16.0. The van der Waals surface area contributed by atoms with Gasteiger partial charge >= 0.3 is 0 Å². The Bertz CT molecular complexity index is 632. The maximum atomic E-state index is 12.3. The van der Waals surface area contributed by atoms with E-state index in [1.807, 2.05) is 56.3 Å². The van der Waals surface area contributed by atoms with Crippen LogP contribution in [-0.2, 0) is 6.54 Å². The van der Waals surface area contributed by atoms with E-state index in [0.29, 0.717) is 17.9 Å². The molecule has 22 heavy (non-hydrogen) atoms. The van der Waals surface area contributed by atoms with Gasteiger partial charge in [0.25, 0.3) is 5.91 Å². The van der Waals surface area contributed by atoms with Gasteiger partial charge < -0.3 is 15.2 Å². The molecule has 0 saturated heterocycles. The smallest absolute Gasteiger partial charge is 0.251 e. The molecule has 0 fully saturated rings. The van der Waals surface area contributed by atoms with E-state index >= 15 is 0 Å². The summed E-state index contributed by atoms with van der Waals surface area (Å²) in [6, 6.07) is 13.3. The van der Waals surface area contributed by atoms with E-state index < -0.39 is 0 Å². The van der Waals surface area contributed by atoms with Gasteiger partial charge in [-0.25, -0.2) is 0 Å². The maximum absolute atomic E-state index is 12.3. The van der Waals surface area contributed by atoms with E-state index in [1.54, 1.807) is 0 Å². The second-order valence-corrected chi connectivity index (χ2v) is 5.24. The topological polar surface area (TPSA) is 58.6 Å². The molecule has 0 heterocycles. The van der Waals surface area contributed by atoms with Gasteiger partial charge in [0.2, 0.25) is 0 Å². The molecular formula is C18H21NO3. The molecule has 0 aliphatic rings. The monoisotopic (exact) mass is 299 g/mol. The Hall–Kier alpha value is -2.33. The van der Waals surface area contributed by atoms with Crippen molar-refractivity contribution in [1.82, 2.24) is 5.32 Å². The molecular weight excluding hydrogens is 278 g/mol. The standard InChI is InChI=1S/C18H21NO3/c1-13-9-14(2)11-16(10-13)18(21)19-12-15-5-3-4-6-17(15)22-8-7-20/h3-6,9-11,20H,7-8,12H2,1-2H3,(H,19,21). The van der Waals surface area contributed by atoms with Crippen LogP contribution in [0.3, 0.4) is 0 Å². The van der Waals surface area contributed by atoms with Gasteiger partial charge in [-0.3, -0.25) is 4.79 Å². The van der Waals surface area contributed by atoms with Crippen LogP contribution in [0.5, 0.6) is 5.75 Å². The van der Waals surface area contributed by atoms with Crippen molar-refractivity contribution < 1.29 is 14.6 Å². The molecule has 0 aliphatic carbocycles. The van der Waals surface area contributed by atoms with Crippen LogP contribution >= 0.6 is 0 Å². The third-order valence-corrected chi connectivity index (χ3v) is 3.24. The number of carbonyl (C=O) groups is 1. The van der Waals surface area contributed by atoms with Gasteiger partial charge in [0.1, 0.15) is 12.4 Å². The molecule has 2 rings (SSSR count). The van der Waals surface area contributed by atoms with Crippen LogP contribution < -0.4 is 10.1 Å². The van der Waals surface area contributed by atoms with E-state index in [1.165, 1.54) is 0 Å². The fraction of sp³-hybridized carbons (Fsp3) is 0.278. The van der Waals surface area contributed by atoms with Crippen molar-refractivity contribution in [1.29, 1.82) is 0 Å². The second-order valence-electron chi connectivity index (χ2n) is 5.24. The highest BCUT2D eigenvalue weighted by Gasteiger charge is 2.08. The lowest BCUT2D eigenvalue weighted by molar-refractivity contribution is 0.0950. The number of ether oxygens (including phenoxy) is 1. The number of aliphatic hydroxyl groups is 1. The summed E-state index contributed by atoms with van der Waals surface area (Å²) in [5, 5.41) is 11.7. The van der Waals surface area contributed by atoms with Gasteiger partial charge in [-0.2, -0.15) is 0 Å². The number of aryl methyl sites for hydroxylation is 2. The highest BCUT2D eigenvalue weighted by molar-refractivity contribution is 5.94. The molecule has 0 spiro atoms. The maximum Gasteiger partial charge on any atom is 0.251 e. The third-order valence-electron chi connectivity index (χ3n) is 3.24. The average Bonchev–Trinajstić information content (AvgIpc) is 2.50. The van der Waals surface area contributed by atoms with Crippen molar-refractivity contribution in [3.05, 3.63) is 64.7 Å². The largest absolute Gasteiger partial charge is 0.491 e. The second kappa shape index (κ2) is 7.61. The summed E-state index contributed by atoms with van der Waals surface area (Å²) in [6.07, 6.45) is 0.